The molecule has 0 aliphatic carbocycles. The lowest BCUT2D eigenvalue weighted by molar-refractivity contribution is -0.167. The minimum Gasteiger partial charge on any atom is -0.462 e. The second-order valence-corrected chi connectivity index (χ2v) is 18.9. The lowest BCUT2D eigenvalue weighted by Gasteiger charge is -2.18. The zero-order valence-electron chi connectivity index (χ0n) is 41.5. The Bertz CT molecular complexity index is 905. The quantitative estimate of drug-likeness (QED) is 0.0344. The molecule has 0 aromatic rings. The number of ether oxygens (including phenoxy) is 3. The molecule has 0 aliphatic rings. The molecular weight excluding hydrogens is 757 g/mol. The average molecular weight is 863 g/mol. The number of carbonyl (C=O) groups excluding carboxylic acids is 3. The first-order valence-electron chi connectivity index (χ1n) is 27.5. The summed E-state index contributed by atoms with van der Waals surface area (Å²) in [4.78, 5) is 38.0. The summed E-state index contributed by atoms with van der Waals surface area (Å²) in [6.45, 7) is 6.68. The Morgan fingerprint density at radius 3 is 0.656 bits per heavy atom. The Hall–Kier alpha value is -1.59. The van der Waals surface area contributed by atoms with Crippen LogP contribution >= 0.6 is 0 Å². The van der Waals surface area contributed by atoms with Crippen molar-refractivity contribution in [1.82, 2.24) is 0 Å². The topological polar surface area (TPSA) is 78.9 Å². The highest BCUT2D eigenvalue weighted by molar-refractivity contribution is 5.71. The number of unbranched alkanes of at least 4 members (excludes halogenated alkanes) is 40. The summed E-state index contributed by atoms with van der Waals surface area (Å²) in [5.41, 5.74) is 0. The summed E-state index contributed by atoms with van der Waals surface area (Å²) < 4.78 is 16.8. The number of esters is 3. The van der Waals surface area contributed by atoms with Crippen molar-refractivity contribution in [3.05, 3.63) is 0 Å². The lowest BCUT2D eigenvalue weighted by Crippen LogP contribution is -2.30. The summed E-state index contributed by atoms with van der Waals surface area (Å²) in [7, 11) is 0. The van der Waals surface area contributed by atoms with E-state index in [1.54, 1.807) is 0 Å². The van der Waals surface area contributed by atoms with Crippen molar-refractivity contribution in [1.29, 1.82) is 0 Å². The van der Waals surface area contributed by atoms with Crippen LogP contribution in [-0.4, -0.2) is 37.2 Å². The predicted molar refractivity (Wildman–Crippen MR) is 261 cm³/mol. The first kappa shape index (κ1) is 59.4. The number of hydrogen-bond acceptors (Lipinski definition) is 6. The van der Waals surface area contributed by atoms with Gasteiger partial charge in [0.25, 0.3) is 0 Å². The van der Waals surface area contributed by atoms with E-state index in [9.17, 15) is 14.4 Å². The molecule has 1 atom stereocenters. The highest BCUT2D eigenvalue weighted by atomic mass is 16.6. The molecule has 0 amide bonds. The van der Waals surface area contributed by atoms with Crippen molar-refractivity contribution in [2.75, 3.05) is 13.2 Å². The molecular formula is C55H106O6. The molecule has 1 unspecified atom stereocenters. The maximum atomic E-state index is 12.8. The second-order valence-electron chi connectivity index (χ2n) is 18.9. The van der Waals surface area contributed by atoms with E-state index >= 15 is 0 Å². The van der Waals surface area contributed by atoms with Crippen molar-refractivity contribution < 1.29 is 28.6 Å². The molecule has 0 aliphatic heterocycles. The van der Waals surface area contributed by atoms with Gasteiger partial charge in [-0.2, -0.15) is 0 Å². The Labute approximate surface area is 380 Å². The minimum absolute atomic E-state index is 0.0615. The molecule has 0 aromatic carbocycles. The summed E-state index contributed by atoms with van der Waals surface area (Å²) in [6.07, 6.45) is 55.2. The van der Waals surface area contributed by atoms with Crippen LogP contribution in [0.3, 0.4) is 0 Å². The SMILES string of the molecule is CCCCCCCCCCCCCCCCCCCCC(=O)OCC(COC(=O)CCCCCCCCCCCC)OC(=O)CCCCCCCCCCCCCCCCC. The van der Waals surface area contributed by atoms with E-state index < -0.39 is 6.10 Å². The molecule has 61 heavy (non-hydrogen) atoms. The molecule has 0 saturated carbocycles. The Morgan fingerprint density at radius 2 is 0.443 bits per heavy atom. The minimum atomic E-state index is -0.759. The fraction of sp³-hybridized carbons (Fsp3) is 0.945. The fourth-order valence-electron chi connectivity index (χ4n) is 8.45. The molecule has 0 bridgehead atoms. The van der Waals surface area contributed by atoms with Gasteiger partial charge in [0.1, 0.15) is 13.2 Å². The van der Waals surface area contributed by atoms with Crippen LogP contribution in [0.2, 0.25) is 0 Å². The molecule has 0 fully saturated rings. The van der Waals surface area contributed by atoms with Gasteiger partial charge in [0.15, 0.2) is 6.10 Å². The Balaban J connectivity index is 4.24. The van der Waals surface area contributed by atoms with Crippen molar-refractivity contribution >= 4 is 17.9 Å². The molecule has 0 saturated heterocycles. The monoisotopic (exact) mass is 863 g/mol. The van der Waals surface area contributed by atoms with E-state index in [1.807, 2.05) is 0 Å². The summed E-state index contributed by atoms with van der Waals surface area (Å²) in [5.74, 6) is -0.838. The van der Waals surface area contributed by atoms with Gasteiger partial charge in [0, 0.05) is 19.3 Å². The largest absolute Gasteiger partial charge is 0.462 e. The van der Waals surface area contributed by atoms with Crippen LogP contribution in [0.25, 0.3) is 0 Å². The summed E-state index contributed by atoms with van der Waals surface area (Å²) in [5, 5.41) is 0. The molecule has 362 valence electrons. The number of hydrogen-bond donors (Lipinski definition) is 0. The number of rotatable bonds is 51. The van der Waals surface area contributed by atoms with E-state index in [-0.39, 0.29) is 31.1 Å². The van der Waals surface area contributed by atoms with E-state index in [4.69, 9.17) is 14.2 Å². The first-order valence-corrected chi connectivity index (χ1v) is 27.5. The Morgan fingerprint density at radius 1 is 0.262 bits per heavy atom. The molecule has 0 N–H and O–H groups in total. The van der Waals surface area contributed by atoms with E-state index in [0.29, 0.717) is 19.3 Å². The molecule has 6 nitrogen and oxygen atoms in total. The zero-order valence-corrected chi connectivity index (χ0v) is 41.5. The van der Waals surface area contributed by atoms with Crippen LogP contribution in [0.1, 0.15) is 316 Å². The molecule has 6 heteroatoms. The normalized spacial score (nSPS) is 11.9. The highest BCUT2D eigenvalue weighted by Crippen LogP contribution is 2.17. The summed E-state index contributed by atoms with van der Waals surface area (Å²) in [6, 6.07) is 0. The fourth-order valence-corrected chi connectivity index (χ4v) is 8.45. The molecule has 0 heterocycles. The molecule has 0 radical (unpaired) electrons. The molecule has 0 rings (SSSR count). The predicted octanol–water partition coefficient (Wildman–Crippen LogP) is 18.0. The van der Waals surface area contributed by atoms with Gasteiger partial charge in [-0.15, -0.1) is 0 Å². The maximum Gasteiger partial charge on any atom is 0.306 e. The van der Waals surface area contributed by atoms with Crippen molar-refractivity contribution in [2.45, 2.75) is 322 Å². The highest BCUT2D eigenvalue weighted by Gasteiger charge is 2.19. The summed E-state index contributed by atoms with van der Waals surface area (Å²) >= 11 is 0. The van der Waals surface area contributed by atoms with E-state index in [1.165, 1.54) is 218 Å². The van der Waals surface area contributed by atoms with Gasteiger partial charge in [-0.25, -0.2) is 0 Å². The standard InChI is InChI=1S/C55H106O6/c1-4-7-10-13-16-19-22-24-26-27-28-30-31-33-36-39-42-45-48-54(57)60-51-52(50-59-53(56)47-44-41-38-35-21-18-15-12-9-6-3)61-55(58)49-46-43-40-37-34-32-29-25-23-20-17-14-11-8-5-2/h52H,4-51H2,1-3H3. The number of carbonyl (C=O) groups is 3. The van der Waals surface area contributed by atoms with E-state index in [2.05, 4.69) is 20.8 Å². The van der Waals surface area contributed by atoms with Gasteiger partial charge in [0.05, 0.1) is 0 Å². The molecule has 0 spiro atoms. The van der Waals surface area contributed by atoms with Crippen LogP contribution in [0.15, 0.2) is 0 Å². The lowest BCUT2D eigenvalue weighted by atomic mass is 10.0. The smallest absolute Gasteiger partial charge is 0.306 e. The first-order chi connectivity index (χ1) is 30.0. The third-order valence-corrected chi connectivity index (χ3v) is 12.6. The molecule has 0 aromatic heterocycles. The van der Waals surface area contributed by atoms with Crippen molar-refractivity contribution in [3.63, 3.8) is 0 Å². The van der Waals surface area contributed by atoms with Gasteiger partial charge in [-0.1, -0.05) is 278 Å². The van der Waals surface area contributed by atoms with Gasteiger partial charge in [-0.05, 0) is 19.3 Å². The van der Waals surface area contributed by atoms with E-state index in [0.717, 1.165) is 57.8 Å². The maximum absolute atomic E-state index is 12.8. The van der Waals surface area contributed by atoms with Crippen LogP contribution in [-0.2, 0) is 28.6 Å². The Kier molecular flexibility index (Phi) is 49.7. The van der Waals surface area contributed by atoms with Crippen molar-refractivity contribution in [3.8, 4) is 0 Å². The van der Waals surface area contributed by atoms with Gasteiger partial charge < -0.3 is 14.2 Å². The van der Waals surface area contributed by atoms with Gasteiger partial charge >= 0.3 is 17.9 Å². The van der Waals surface area contributed by atoms with Crippen LogP contribution in [0.5, 0.6) is 0 Å². The van der Waals surface area contributed by atoms with Crippen LogP contribution in [0, 0.1) is 0 Å². The average Bonchev–Trinajstić information content (AvgIpc) is 3.26. The third kappa shape index (κ3) is 49.3. The third-order valence-electron chi connectivity index (χ3n) is 12.6. The second kappa shape index (κ2) is 51.0. The van der Waals surface area contributed by atoms with Crippen LogP contribution < -0.4 is 0 Å². The zero-order chi connectivity index (χ0) is 44.4. The van der Waals surface area contributed by atoms with Gasteiger partial charge in [0.2, 0.25) is 0 Å². The van der Waals surface area contributed by atoms with Gasteiger partial charge in [-0.3, -0.25) is 14.4 Å². The van der Waals surface area contributed by atoms with Crippen LogP contribution in [0.4, 0.5) is 0 Å². The van der Waals surface area contributed by atoms with Crippen molar-refractivity contribution in [2.24, 2.45) is 0 Å².